The van der Waals surface area contributed by atoms with Crippen molar-refractivity contribution in [3.05, 3.63) is 129 Å². The van der Waals surface area contributed by atoms with Crippen molar-refractivity contribution in [2.75, 3.05) is 25.6 Å². The molecule has 5 aromatic rings. The van der Waals surface area contributed by atoms with Crippen molar-refractivity contribution in [1.82, 2.24) is 15.2 Å². The number of rotatable bonds is 12. The number of nitriles is 1. The summed E-state index contributed by atoms with van der Waals surface area (Å²) >= 11 is 3.47. The topological polar surface area (TPSA) is 119 Å². The van der Waals surface area contributed by atoms with Crippen LogP contribution < -0.4 is 15.0 Å². The highest BCUT2D eigenvalue weighted by Gasteiger charge is 2.28. The van der Waals surface area contributed by atoms with Crippen molar-refractivity contribution in [3.8, 4) is 11.8 Å². The zero-order valence-corrected chi connectivity index (χ0v) is 28.3. The van der Waals surface area contributed by atoms with Gasteiger partial charge in [-0.3, -0.25) is 14.4 Å². The molecule has 0 radical (unpaired) electrons. The van der Waals surface area contributed by atoms with Crippen molar-refractivity contribution in [3.63, 3.8) is 0 Å². The minimum absolute atomic E-state index is 0.0227. The average molecular weight is 729 g/mol. The molecule has 1 atom stereocenters. The lowest BCUT2D eigenvalue weighted by Gasteiger charge is -2.27. The number of halogens is 3. The lowest BCUT2D eigenvalue weighted by Crippen LogP contribution is -2.51. The van der Waals surface area contributed by atoms with E-state index in [2.05, 4.69) is 32.3 Å². The number of methoxy groups -OCH3 is 1. The summed E-state index contributed by atoms with van der Waals surface area (Å²) in [6.45, 7) is -0.373. The van der Waals surface area contributed by atoms with Crippen LogP contribution in [0, 0.1) is 23.0 Å². The van der Waals surface area contributed by atoms with E-state index in [1.54, 1.807) is 54.7 Å². The Morgan fingerprint density at radius 1 is 0.959 bits per heavy atom. The van der Waals surface area contributed by atoms with Crippen LogP contribution in [0.5, 0.6) is 5.75 Å². The average Bonchev–Trinajstić information content (AvgIpc) is 3.48. The van der Waals surface area contributed by atoms with Crippen molar-refractivity contribution in [1.29, 1.82) is 5.26 Å². The summed E-state index contributed by atoms with van der Waals surface area (Å²) in [4.78, 5) is 47.2. The third-order valence-electron chi connectivity index (χ3n) is 8.00. The molecule has 49 heavy (non-hydrogen) atoms. The minimum atomic E-state index is -1.24. The molecule has 0 aliphatic carbocycles. The SMILES string of the molecule is COc1ccc(N(C)C(=O)[C@H](Cc2cc(F)cc(F)c2)NC(=O)CN(Cc2ccc(C#N)cc2)C(=O)Cc2c[nH]c3ccc(Br)cc23)cc1. The maximum Gasteiger partial charge on any atom is 0.249 e. The van der Waals surface area contributed by atoms with Gasteiger partial charge in [-0.05, 0) is 83.4 Å². The van der Waals surface area contributed by atoms with E-state index < -0.39 is 36.0 Å². The smallest absolute Gasteiger partial charge is 0.249 e. The number of hydrogen-bond acceptors (Lipinski definition) is 5. The van der Waals surface area contributed by atoms with Crippen LogP contribution in [0.15, 0.2) is 95.6 Å². The molecule has 0 aliphatic heterocycles. The van der Waals surface area contributed by atoms with Crippen molar-refractivity contribution in [2.24, 2.45) is 0 Å². The van der Waals surface area contributed by atoms with Crippen LogP contribution in [-0.4, -0.2) is 54.3 Å². The molecule has 0 bridgehead atoms. The van der Waals surface area contributed by atoms with Crippen LogP contribution >= 0.6 is 15.9 Å². The van der Waals surface area contributed by atoms with Gasteiger partial charge in [0, 0.05) is 53.3 Å². The zero-order valence-electron chi connectivity index (χ0n) is 26.7. The summed E-state index contributed by atoms with van der Waals surface area (Å²) < 4.78 is 34.3. The van der Waals surface area contributed by atoms with Crippen molar-refractivity contribution in [2.45, 2.75) is 25.4 Å². The highest BCUT2D eigenvalue weighted by atomic mass is 79.9. The number of aromatic nitrogens is 1. The Morgan fingerprint density at radius 2 is 1.65 bits per heavy atom. The highest BCUT2D eigenvalue weighted by molar-refractivity contribution is 9.10. The fraction of sp³-hybridized carbons (Fsp3) is 0.189. The summed E-state index contributed by atoms with van der Waals surface area (Å²) in [5, 5.41) is 12.8. The van der Waals surface area contributed by atoms with Gasteiger partial charge in [0.25, 0.3) is 0 Å². The predicted octanol–water partition coefficient (Wildman–Crippen LogP) is 6.05. The Hall–Kier alpha value is -5.54. The Morgan fingerprint density at radius 3 is 2.31 bits per heavy atom. The van der Waals surface area contributed by atoms with Gasteiger partial charge < -0.3 is 24.8 Å². The number of H-pyrrole nitrogens is 1. The van der Waals surface area contributed by atoms with Gasteiger partial charge in [-0.25, -0.2) is 8.78 Å². The lowest BCUT2D eigenvalue weighted by molar-refractivity contribution is -0.136. The molecule has 5 rings (SSSR count). The van der Waals surface area contributed by atoms with Gasteiger partial charge in [0.1, 0.15) is 23.4 Å². The number of ether oxygens (including phenoxy) is 1. The molecule has 2 N–H and O–H groups in total. The zero-order chi connectivity index (χ0) is 35.1. The standard InChI is InChI=1S/C37H32BrF2N5O4/c1-44(30-8-10-31(49-2)11-9-30)37(48)34(15-25-13-28(39)18-29(40)14-25)43-35(46)22-45(21-24-5-3-23(19-41)4-6-24)36(47)16-26-20-42-33-12-7-27(38)17-32(26)33/h3-14,17-18,20,34,42H,15-16,21-22H2,1-2H3,(H,43,46)/t34-/m0/s1. The van der Waals surface area contributed by atoms with E-state index in [0.29, 0.717) is 22.6 Å². The molecule has 250 valence electrons. The van der Waals surface area contributed by atoms with Crippen molar-refractivity contribution < 1.29 is 27.9 Å². The number of carbonyl (C=O) groups is 3. The maximum atomic E-state index is 14.1. The Kier molecular flexibility index (Phi) is 11.1. The third kappa shape index (κ3) is 8.88. The first kappa shape index (κ1) is 34.8. The van der Waals surface area contributed by atoms with Crippen LogP contribution in [0.1, 0.15) is 22.3 Å². The fourth-order valence-corrected chi connectivity index (χ4v) is 5.81. The van der Waals surface area contributed by atoms with Gasteiger partial charge in [-0.1, -0.05) is 28.1 Å². The molecule has 0 saturated carbocycles. The second kappa shape index (κ2) is 15.6. The van der Waals surface area contributed by atoms with Crippen LogP contribution in [-0.2, 0) is 33.8 Å². The van der Waals surface area contributed by atoms with Gasteiger partial charge >= 0.3 is 0 Å². The Labute approximate surface area is 290 Å². The second-order valence-corrected chi connectivity index (χ2v) is 12.4. The number of hydrogen-bond donors (Lipinski definition) is 2. The molecular weight excluding hydrogens is 696 g/mol. The van der Waals surface area contributed by atoms with Gasteiger partial charge in [0.2, 0.25) is 17.7 Å². The third-order valence-corrected chi connectivity index (χ3v) is 8.49. The predicted molar refractivity (Wildman–Crippen MR) is 185 cm³/mol. The molecular formula is C37H32BrF2N5O4. The molecule has 0 saturated heterocycles. The number of carbonyl (C=O) groups excluding carboxylic acids is 3. The van der Waals surface area contributed by atoms with Gasteiger partial charge in [0.15, 0.2) is 0 Å². The maximum absolute atomic E-state index is 14.1. The number of nitrogens with one attached hydrogen (secondary N) is 2. The first-order valence-electron chi connectivity index (χ1n) is 15.2. The summed E-state index contributed by atoms with van der Waals surface area (Å²) in [6, 6.07) is 22.7. The number of amides is 3. The quantitative estimate of drug-likeness (QED) is 0.162. The number of fused-ring (bicyclic) bond motifs is 1. The molecule has 4 aromatic carbocycles. The molecule has 0 fully saturated rings. The van der Waals surface area contributed by atoms with Crippen LogP contribution in [0.25, 0.3) is 10.9 Å². The van der Waals surface area contributed by atoms with Gasteiger partial charge in [-0.2, -0.15) is 5.26 Å². The normalized spacial score (nSPS) is 11.4. The lowest BCUT2D eigenvalue weighted by atomic mass is 10.0. The Bertz CT molecular complexity index is 2010. The van der Waals surface area contributed by atoms with Crippen molar-refractivity contribution >= 4 is 50.2 Å². The molecule has 1 heterocycles. The first-order valence-corrected chi connectivity index (χ1v) is 16.0. The van der Waals surface area contributed by atoms with E-state index in [0.717, 1.165) is 39.1 Å². The molecule has 9 nitrogen and oxygen atoms in total. The van der Waals surface area contributed by atoms with E-state index >= 15 is 0 Å². The van der Waals surface area contributed by atoms with Gasteiger partial charge in [0.05, 0.1) is 31.7 Å². The fourth-order valence-electron chi connectivity index (χ4n) is 5.45. The van der Waals surface area contributed by atoms with Crippen LogP contribution in [0.2, 0.25) is 0 Å². The number of nitrogens with zero attached hydrogens (tertiary/aromatic N) is 3. The minimum Gasteiger partial charge on any atom is -0.497 e. The van der Waals surface area contributed by atoms with E-state index in [1.165, 1.54) is 24.0 Å². The van der Waals surface area contributed by atoms with E-state index in [9.17, 15) is 28.4 Å². The molecule has 3 amide bonds. The molecule has 0 spiro atoms. The summed E-state index contributed by atoms with van der Waals surface area (Å²) in [5.74, 6) is -2.61. The molecule has 12 heteroatoms. The monoisotopic (exact) mass is 727 g/mol. The summed E-state index contributed by atoms with van der Waals surface area (Å²) in [6.07, 6.45) is 1.51. The van der Waals surface area contributed by atoms with Gasteiger partial charge in [-0.15, -0.1) is 0 Å². The number of likely N-dealkylation sites (N-methyl/N-ethyl adjacent to an activating group) is 1. The number of anilines is 1. The Balaban J connectivity index is 1.40. The van der Waals surface area contributed by atoms with Crippen LogP contribution in [0.4, 0.5) is 14.5 Å². The van der Waals surface area contributed by atoms with E-state index in [4.69, 9.17) is 4.74 Å². The molecule has 0 unspecified atom stereocenters. The molecule has 0 aliphatic rings. The summed E-state index contributed by atoms with van der Waals surface area (Å²) in [5.41, 5.74) is 3.37. The second-order valence-electron chi connectivity index (χ2n) is 11.4. The largest absolute Gasteiger partial charge is 0.497 e. The molecule has 1 aromatic heterocycles. The number of benzene rings is 4. The highest BCUT2D eigenvalue weighted by Crippen LogP contribution is 2.24. The van der Waals surface area contributed by atoms with E-state index in [1.807, 2.05) is 18.2 Å². The summed E-state index contributed by atoms with van der Waals surface area (Å²) in [7, 11) is 3.04. The van der Waals surface area contributed by atoms with E-state index in [-0.39, 0.29) is 30.9 Å². The van der Waals surface area contributed by atoms with Crippen LogP contribution in [0.3, 0.4) is 0 Å². The first-order chi connectivity index (χ1) is 23.5. The number of aromatic amines is 1.